The van der Waals surface area contributed by atoms with Crippen LogP contribution in [-0.2, 0) is 42.8 Å². The highest BCUT2D eigenvalue weighted by atomic mass is 16.8. The van der Waals surface area contributed by atoms with Crippen LogP contribution in [0.25, 0.3) is 0 Å². The number of ether oxygens (including phenoxy) is 6. The summed E-state index contributed by atoms with van der Waals surface area (Å²) in [6.45, 7) is -1.95. The molecule has 3 unspecified atom stereocenters. The van der Waals surface area contributed by atoms with Gasteiger partial charge >= 0.3 is 11.9 Å². The Morgan fingerprint density at radius 2 is 1.28 bits per heavy atom. The van der Waals surface area contributed by atoms with E-state index < -0.39 is 154 Å². The molecule has 1 amide bonds. The van der Waals surface area contributed by atoms with Gasteiger partial charge in [0.1, 0.15) is 79.3 Å². The summed E-state index contributed by atoms with van der Waals surface area (Å²) < 4.78 is 32.5. The number of nitrogens with two attached hydrogens (primary N) is 1. The minimum atomic E-state index is -2.29. The topological polar surface area (TPSA) is 408 Å². The predicted molar refractivity (Wildman–Crippen MR) is 151 cm³/mol. The molecular formula is C26H44N2O22. The van der Waals surface area contributed by atoms with Crippen LogP contribution >= 0.6 is 0 Å². The standard InChI is InChI=1S/C26H44N2O22/c1-5(32)28-9-18(47-25-15(39)12(36)13(37)20(49-25)22(41)42)11(35)8(4-31)45-24(9)48-19-14(38)16(40)26(50-21(19)23(43)44)46-17(6(27)2-29)10(34)7(33)3-30/h6-21,24-26,29-31,33-40H,2-4,27H2,1H3,(H,28,32)(H,41,42)(H,43,44)/t6-,7-,8-,9+,10+,11-,12-,13+,14+,15+,16+,17+,18+,19-,20+,21+,24?,25?,26?/m0/s1. The summed E-state index contributed by atoms with van der Waals surface area (Å²) in [4.78, 5) is 36.1. The summed E-state index contributed by atoms with van der Waals surface area (Å²) in [7, 11) is 0. The Labute approximate surface area is 281 Å². The average Bonchev–Trinajstić information content (AvgIpc) is 3.07. The summed E-state index contributed by atoms with van der Waals surface area (Å²) in [5.41, 5.74) is 5.72. The van der Waals surface area contributed by atoms with Crippen LogP contribution in [0.2, 0.25) is 0 Å². The number of rotatable bonds is 15. The van der Waals surface area contributed by atoms with E-state index in [2.05, 4.69) is 5.32 Å². The van der Waals surface area contributed by atoms with Crippen LogP contribution in [-0.4, -0.2) is 220 Å². The van der Waals surface area contributed by atoms with Crippen molar-refractivity contribution >= 4 is 17.8 Å². The molecule has 0 aromatic rings. The monoisotopic (exact) mass is 736 g/mol. The van der Waals surface area contributed by atoms with E-state index in [1.54, 1.807) is 0 Å². The quantitative estimate of drug-likeness (QED) is 0.0742. The third kappa shape index (κ3) is 9.18. The minimum Gasteiger partial charge on any atom is -0.479 e. The normalized spacial score (nSPS) is 41.8. The minimum absolute atomic E-state index is 0.877. The lowest BCUT2D eigenvalue weighted by atomic mass is 9.94. The van der Waals surface area contributed by atoms with Crippen LogP contribution < -0.4 is 11.1 Å². The second-order valence-corrected chi connectivity index (χ2v) is 11.8. The molecule has 3 aliphatic heterocycles. The summed E-state index contributed by atoms with van der Waals surface area (Å²) >= 11 is 0. The average molecular weight is 737 g/mol. The fourth-order valence-electron chi connectivity index (χ4n) is 5.53. The molecule has 3 heterocycles. The van der Waals surface area contributed by atoms with Crippen molar-refractivity contribution in [3.63, 3.8) is 0 Å². The number of carboxylic acid groups (broad SMARTS) is 2. The molecule has 3 rings (SSSR count). The van der Waals surface area contributed by atoms with Gasteiger partial charge in [-0.25, -0.2) is 9.59 Å². The van der Waals surface area contributed by atoms with E-state index in [-0.39, 0.29) is 0 Å². The zero-order chi connectivity index (χ0) is 37.8. The Bertz CT molecular complexity index is 1140. The van der Waals surface area contributed by atoms with Crippen molar-refractivity contribution in [2.45, 2.75) is 123 Å². The molecule has 290 valence electrons. The van der Waals surface area contributed by atoms with E-state index >= 15 is 0 Å². The Hall–Kier alpha value is -2.31. The maximum Gasteiger partial charge on any atom is 0.335 e. The number of nitrogens with one attached hydrogen (secondary N) is 1. The molecule has 0 bridgehead atoms. The lowest BCUT2D eigenvalue weighted by Gasteiger charge is -2.49. The van der Waals surface area contributed by atoms with Crippen LogP contribution in [0.5, 0.6) is 0 Å². The molecule has 0 aromatic heterocycles. The van der Waals surface area contributed by atoms with E-state index in [9.17, 15) is 80.8 Å². The van der Waals surface area contributed by atoms with Crippen molar-refractivity contribution < 1.29 is 109 Å². The molecule has 0 aliphatic carbocycles. The van der Waals surface area contributed by atoms with Crippen LogP contribution in [0.15, 0.2) is 0 Å². The van der Waals surface area contributed by atoms with Crippen molar-refractivity contribution in [1.82, 2.24) is 5.32 Å². The molecule has 0 spiro atoms. The third-order valence-corrected chi connectivity index (χ3v) is 8.25. The molecule has 24 nitrogen and oxygen atoms in total. The molecule has 24 heteroatoms. The predicted octanol–water partition coefficient (Wildman–Crippen LogP) is -9.82. The zero-order valence-electron chi connectivity index (χ0n) is 26.2. The van der Waals surface area contributed by atoms with E-state index in [4.69, 9.17) is 34.2 Å². The van der Waals surface area contributed by atoms with Gasteiger partial charge in [-0.15, -0.1) is 0 Å². The van der Waals surface area contributed by atoms with Crippen LogP contribution in [0.4, 0.5) is 0 Å². The van der Waals surface area contributed by atoms with Gasteiger partial charge in [-0.3, -0.25) is 4.79 Å². The van der Waals surface area contributed by atoms with E-state index in [1.165, 1.54) is 0 Å². The van der Waals surface area contributed by atoms with Crippen molar-refractivity contribution in [1.29, 1.82) is 0 Å². The maximum atomic E-state index is 12.3. The van der Waals surface area contributed by atoms with Gasteiger partial charge in [-0.2, -0.15) is 0 Å². The first-order chi connectivity index (χ1) is 23.4. The van der Waals surface area contributed by atoms with Crippen LogP contribution in [0, 0.1) is 0 Å². The fraction of sp³-hybridized carbons (Fsp3) is 0.885. The first kappa shape index (κ1) is 42.1. The molecule has 0 aromatic carbocycles. The van der Waals surface area contributed by atoms with Gasteiger partial charge in [0.2, 0.25) is 5.91 Å². The second kappa shape index (κ2) is 17.9. The Kier molecular flexibility index (Phi) is 15.1. The summed E-state index contributed by atoms with van der Waals surface area (Å²) in [5, 5.41) is 134. The lowest BCUT2D eigenvalue weighted by Crippen LogP contribution is -2.70. The number of carboxylic acids is 2. The first-order valence-electron chi connectivity index (χ1n) is 15.1. The highest BCUT2D eigenvalue weighted by molar-refractivity contribution is 5.74. The van der Waals surface area contributed by atoms with Gasteiger partial charge in [0.15, 0.2) is 31.1 Å². The van der Waals surface area contributed by atoms with Gasteiger partial charge in [-0.05, 0) is 0 Å². The van der Waals surface area contributed by atoms with Gasteiger partial charge in [0.05, 0.1) is 25.9 Å². The number of carbonyl (C=O) groups is 3. The van der Waals surface area contributed by atoms with Crippen LogP contribution in [0.1, 0.15) is 6.92 Å². The van der Waals surface area contributed by atoms with Gasteiger partial charge in [0.25, 0.3) is 0 Å². The number of aliphatic hydroxyl groups excluding tert-OH is 11. The third-order valence-electron chi connectivity index (χ3n) is 8.25. The van der Waals surface area contributed by atoms with Crippen molar-refractivity contribution in [2.75, 3.05) is 19.8 Å². The van der Waals surface area contributed by atoms with Crippen molar-refractivity contribution in [3.8, 4) is 0 Å². The molecular weight excluding hydrogens is 692 g/mol. The highest BCUT2D eigenvalue weighted by Gasteiger charge is 2.56. The van der Waals surface area contributed by atoms with Crippen LogP contribution in [0.3, 0.4) is 0 Å². The van der Waals surface area contributed by atoms with Crippen molar-refractivity contribution in [3.05, 3.63) is 0 Å². The number of carbonyl (C=O) groups excluding carboxylic acids is 1. The smallest absolute Gasteiger partial charge is 0.335 e. The Balaban J connectivity index is 1.93. The molecule has 0 saturated carbocycles. The van der Waals surface area contributed by atoms with Gasteiger partial charge < -0.3 is 106 Å². The fourth-order valence-corrected chi connectivity index (χ4v) is 5.53. The van der Waals surface area contributed by atoms with E-state index in [1.807, 2.05) is 0 Å². The highest BCUT2D eigenvalue weighted by Crippen LogP contribution is 2.33. The molecule has 0 radical (unpaired) electrons. The number of aliphatic hydroxyl groups is 11. The molecule has 3 aliphatic rings. The Morgan fingerprint density at radius 3 is 1.80 bits per heavy atom. The van der Waals surface area contributed by atoms with Crippen molar-refractivity contribution in [2.24, 2.45) is 5.73 Å². The largest absolute Gasteiger partial charge is 0.479 e. The molecule has 50 heavy (non-hydrogen) atoms. The molecule has 16 N–H and O–H groups in total. The number of hydrogen-bond donors (Lipinski definition) is 15. The molecule has 3 saturated heterocycles. The summed E-state index contributed by atoms with van der Waals surface area (Å²) in [6, 6.07) is -3.30. The summed E-state index contributed by atoms with van der Waals surface area (Å²) in [5.74, 6) is -4.52. The molecule has 19 atom stereocenters. The molecule has 3 fully saturated rings. The van der Waals surface area contributed by atoms with E-state index in [0.717, 1.165) is 6.92 Å². The first-order valence-corrected chi connectivity index (χ1v) is 15.1. The SMILES string of the molecule is CC(=O)N[C@H]1C(O[C@H]2[C@H](O)[C@@H](O)C(O[C@@H]([C@H](O)[C@@H](O)CO)[C@@H](N)CO)O[C@H]2C(=O)O)O[C@@H](CO)[C@H](O)[C@@H]1OC1O[C@@H](C(=O)O)[C@H](O)[C@H](O)[C@H]1O. The zero-order valence-corrected chi connectivity index (χ0v) is 26.2. The second-order valence-electron chi connectivity index (χ2n) is 11.8. The summed E-state index contributed by atoms with van der Waals surface area (Å²) in [6.07, 6.45) is -35.2. The number of amides is 1. The number of aliphatic carboxylic acids is 2. The Morgan fingerprint density at radius 1 is 0.720 bits per heavy atom. The van der Waals surface area contributed by atoms with Gasteiger partial charge in [-0.1, -0.05) is 0 Å². The maximum absolute atomic E-state index is 12.3. The lowest BCUT2D eigenvalue weighted by molar-refractivity contribution is -0.364. The van der Waals surface area contributed by atoms with Gasteiger partial charge in [0, 0.05) is 6.92 Å². The number of hydrogen-bond acceptors (Lipinski definition) is 21. The van der Waals surface area contributed by atoms with E-state index in [0.29, 0.717) is 0 Å².